The maximum absolute atomic E-state index is 13.9. The van der Waals surface area contributed by atoms with Crippen molar-refractivity contribution >= 4 is 11.6 Å². The Morgan fingerprint density at radius 1 is 1.03 bits per heavy atom. The van der Waals surface area contributed by atoms with Crippen LogP contribution in [0.2, 0.25) is 0 Å². The SMILES string of the molecule is COc1ccccc1CN(C(C)=O)c1ccc([18F])nc1Oc1cccc(C)c1C. The Balaban J connectivity index is 2.03. The highest BCUT2D eigenvalue weighted by Crippen LogP contribution is 2.34. The lowest BCUT2D eigenvalue weighted by Gasteiger charge is -2.24. The molecule has 0 radical (unpaired) electrons. The predicted octanol–water partition coefficient (Wildman–Crippen LogP) is 5.19. The number of aryl methyl sites for hydroxylation is 1. The molecule has 0 unspecified atom stereocenters. The molecule has 0 atom stereocenters. The van der Waals surface area contributed by atoms with E-state index in [2.05, 4.69) is 4.98 Å². The largest absolute Gasteiger partial charge is 0.496 e. The van der Waals surface area contributed by atoms with Gasteiger partial charge in [0.1, 0.15) is 17.2 Å². The minimum Gasteiger partial charge on any atom is -0.496 e. The first-order valence-corrected chi connectivity index (χ1v) is 9.21. The molecule has 6 heteroatoms. The van der Waals surface area contributed by atoms with E-state index in [0.29, 0.717) is 17.2 Å². The fraction of sp³-hybridized carbons (Fsp3) is 0.217. The summed E-state index contributed by atoms with van der Waals surface area (Å²) in [5, 5.41) is 0. The molecule has 0 aliphatic rings. The Labute approximate surface area is 169 Å². The lowest BCUT2D eigenvalue weighted by atomic mass is 10.1. The van der Waals surface area contributed by atoms with Crippen LogP contribution in [0, 0.1) is 19.8 Å². The van der Waals surface area contributed by atoms with Gasteiger partial charge in [-0.1, -0.05) is 30.3 Å². The maximum Gasteiger partial charge on any atom is 0.246 e. The molecular formula is C23H23FN2O3. The number of anilines is 1. The van der Waals surface area contributed by atoms with Gasteiger partial charge in [0.05, 0.1) is 13.7 Å². The van der Waals surface area contributed by atoms with Gasteiger partial charge in [-0.15, -0.1) is 0 Å². The van der Waals surface area contributed by atoms with Gasteiger partial charge in [0.2, 0.25) is 17.7 Å². The first-order chi connectivity index (χ1) is 13.9. The van der Waals surface area contributed by atoms with Gasteiger partial charge in [-0.3, -0.25) is 4.79 Å². The molecule has 1 amide bonds. The van der Waals surface area contributed by atoms with E-state index in [1.54, 1.807) is 13.2 Å². The lowest BCUT2D eigenvalue weighted by molar-refractivity contribution is -0.116. The number of hydrogen-bond acceptors (Lipinski definition) is 4. The molecule has 0 aliphatic carbocycles. The Hall–Kier alpha value is -3.41. The van der Waals surface area contributed by atoms with Crippen LogP contribution < -0.4 is 14.4 Å². The summed E-state index contributed by atoms with van der Waals surface area (Å²) in [6.45, 7) is 5.56. The Morgan fingerprint density at radius 2 is 1.76 bits per heavy atom. The van der Waals surface area contributed by atoms with Gasteiger partial charge < -0.3 is 14.4 Å². The summed E-state index contributed by atoms with van der Waals surface area (Å²) >= 11 is 0. The molecule has 1 heterocycles. The molecule has 0 spiro atoms. The molecule has 2 aromatic carbocycles. The van der Waals surface area contributed by atoms with Crippen LogP contribution >= 0.6 is 0 Å². The van der Waals surface area contributed by atoms with Crippen molar-refractivity contribution in [2.75, 3.05) is 12.0 Å². The van der Waals surface area contributed by atoms with Crippen molar-refractivity contribution in [3.05, 3.63) is 77.2 Å². The molecule has 29 heavy (non-hydrogen) atoms. The molecule has 3 aromatic rings. The highest BCUT2D eigenvalue weighted by Gasteiger charge is 2.21. The van der Waals surface area contributed by atoms with Gasteiger partial charge >= 0.3 is 0 Å². The quantitative estimate of drug-likeness (QED) is 0.541. The second-order valence-corrected chi connectivity index (χ2v) is 6.68. The minimum atomic E-state index is -0.685. The number of hydrogen-bond donors (Lipinski definition) is 0. The second kappa shape index (κ2) is 8.73. The first-order valence-electron chi connectivity index (χ1n) is 9.21. The normalized spacial score (nSPS) is 10.5. The average molecular weight is 393 g/mol. The average Bonchev–Trinajstić information content (AvgIpc) is 2.70. The van der Waals surface area contributed by atoms with E-state index in [0.717, 1.165) is 16.7 Å². The zero-order valence-corrected chi connectivity index (χ0v) is 16.9. The summed E-state index contributed by atoms with van der Waals surface area (Å²) in [7, 11) is 1.57. The van der Waals surface area contributed by atoms with Crippen molar-refractivity contribution in [2.45, 2.75) is 27.3 Å². The Bertz CT molecular complexity index is 1040. The number of ether oxygens (including phenoxy) is 2. The van der Waals surface area contributed by atoms with E-state index in [1.165, 1.54) is 24.0 Å². The molecule has 0 saturated heterocycles. The van der Waals surface area contributed by atoms with Gasteiger partial charge in [-0.05, 0) is 49.2 Å². The van der Waals surface area contributed by atoms with Crippen molar-refractivity contribution in [1.82, 2.24) is 4.98 Å². The number of amides is 1. The number of carbonyl (C=O) groups excluding carboxylic acids is 1. The van der Waals surface area contributed by atoms with E-state index in [4.69, 9.17) is 9.47 Å². The number of methoxy groups -OCH3 is 1. The number of para-hydroxylation sites is 1. The van der Waals surface area contributed by atoms with Crippen LogP contribution in [-0.2, 0) is 11.3 Å². The minimum absolute atomic E-state index is 0.0313. The number of benzene rings is 2. The van der Waals surface area contributed by atoms with Crippen LogP contribution in [0.3, 0.4) is 0 Å². The number of aromatic nitrogens is 1. The van der Waals surface area contributed by atoms with Crippen LogP contribution in [0.15, 0.2) is 54.6 Å². The molecule has 1 aromatic heterocycles. The summed E-state index contributed by atoms with van der Waals surface area (Å²) in [6, 6.07) is 15.7. The summed E-state index contributed by atoms with van der Waals surface area (Å²) in [6.07, 6.45) is 0. The van der Waals surface area contributed by atoms with Crippen molar-refractivity contribution in [1.29, 1.82) is 0 Å². The van der Waals surface area contributed by atoms with Crippen LogP contribution in [0.25, 0.3) is 0 Å². The highest BCUT2D eigenvalue weighted by molar-refractivity contribution is 5.92. The van der Waals surface area contributed by atoms with E-state index >= 15 is 0 Å². The van der Waals surface area contributed by atoms with Crippen molar-refractivity contribution < 1.29 is 18.7 Å². The van der Waals surface area contributed by atoms with E-state index in [9.17, 15) is 9.18 Å². The zero-order valence-electron chi connectivity index (χ0n) is 16.9. The lowest BCUT2D eigenvalue weighted by Crippen LogP contribution is -2.28. The molecule has 0 bridgehead atoms. The highest BCUT2D eigenvalue weighted by atomic mass is 18.2. The van der Waals surface area contributed by atoms with Gasteiger partial charge in [-0.25, -0.2) is 0 Å². The third-order valence-electron chi connectivity index (χ3n) is 4.76. The number of halogens is 1. The van der Waals surface area contributed by atoms with Gasteiger partial charge in [0, 0.05) is 12.5 Å². The predicted molar refractivity (Wildman–Crippen MR) is 110 cm³/mol. The van der Waals surface area contributed by atoms with Crippen molar-refractivity contribution in [3.8, 4) is 17.4 Å². The number of pyridine rings is 1. The number of nitrogens with zero attached hydrogens (tertiary/aromatic N) is 2. The standard InChI is InChI=1S/C23H23FN2O3/c1-15-8-7-11-20(16(15)2)29-23-19(12-13-22(24)25-23)26(17(3)27)14-18-9-5-6-10-21(18)28-4/h5-13H,14H2,1-4H3/i24-1. The Kier molecular flexibility index (Phi) is 6.12. The van der Waals surface area contributed by atoms with Crippen molar-refractivity contribution in [2.24, 2.45) is 0 Å². The van der Waals surface area contributed by atoms with Gasteiger partial charge in [0.25, 0.3) is 0 Å². The fourth-order valence-electron chi connectivity index (χ4n) is 3.00. The number of carbonyl (C=O) groups is 1. The first kappa shape index (κ1) is 20.3. The zero-order chi connectivity index (χ0) is 21.0. The summed E-state index contributed by atoms with van der Waals surface area (Å²) in [5.41, 5.74) is 3.15. The van der Waals surface area contributed by atoms with E-state index < -0.39 is 5.95 Å². The third-order valence-corrected chi connectivity index (χ3v) is 4.76. The maximum atomic E-state index is 13.9. The van der Waals surface area contributed by atoms with Gasteiger partial charge in [-0.2, -0.15) is 9.37 Å². The van der Waals surface area contributed by atoms with E-state index in [1.807, 2.05) is 50.2 Å². The third kappa shape index (κ3) is 4.54. The molecule has 3 rings (SSSR count). The van der Waals surface area contributed by atoms with Crippen LogP contribution in [0.5, 0.6) is 17.4 Å². The molecule has 5 nitrogen and oxygen atoms in total. The van der Waals surface area contributed by atoms with Crippen LogP contribution in [0.1, 0.15) is 23.6 Å². The molecular weight excluding hydrogens is 370 g/mol. The molecule has 0 fully saturated rings. The fourth-order valence-corrected chi connectivity index (χ4v) is 3.00. The molecule has 0 saturated carbocycles. The van der Waals surface area contributed by atoms with E-state index in [-0.39, 0.29) is 18.3 Å². The Morgan fingerprint density at radius 3 is 2.48 bits per heavy atom. The van der Waals surface area contributed by atoms with Crippen LogP contribution in [-0.4, -0.2) is 18.0 Å². The summed E-state index contributed by atoms with van der Waals surface area (Å²) < 4.78 is 25.3. The smallest absolute Gasteiger partial charge is 0.246 e. The summed E-state index contributed by atoms with van der Waals surface area (Å²) in [4.78, 5) is 17.9. The monoisotopic (exact) mass is 393 g/mol. The van der Waals surface area contributed by atoms with Crippen LogP contribution in [0.4, 0.5) is 10.1 Å². The van der Waals surface area contributed by atoms with Crippen molar-refractivity contribution in [3.63, 3.8) is 0 Å². The summed E-state index contributed by atoms with van der Waals surface area (Å²) in [5.74, 6) is 0.338. The molecule has 0 N–H and O–H groups in total. The molecule has 0 aliphatic heterocycles. The second-order valence-electron chi connectivity index (χ2n) is 6.68. The molecule has 150 valence electrons. The number of rotatable bonds is 6. The topological polar surface area (TPSA) is 51.7 Å². The van der Waals surface area contributed by atoms with Gasteiger partial charge in [0.15, 0.2) is 0 Å².